The summed E-state index contributed by atoms with van der Waals surface area (Å²) >= 11 is 6.81. The first-order valence-corrected chi connectivity index (χ1v) is 9.47. The fraction of sp³-hybridized carbons (Fsp3) is 0.211. The molecular formula is C19H15ClF2N3O2S. The first kappa shape index (κ1) is 20.2. The second-order valence-electron chi connectivity index (χ2n) is 6.37. The molecule has 28 heavy (non-hydrogen) atoms. The van der Waals surface area contributed by atoms with Crippen molar-refractivity contribution < 1.29 is 18.4 Å². The SMILES string of the molecule is CC(C)C(=O)c1cc(C(=O)Nc2n[c]c(Cl)s2)n(Cc2ccc(F)c(F)c2)c1. The highest BCUT2D eigenvalue weighted by Gasteiger charge is 2.20. The molecule has 1 aromatic carbocycles. The highest BCUT2D eigenvalue weighted by atomic mass is 35.5. The molecule has 0 unspecified atom stereocenters. The van der Waals surface area contributed by atoms with Crippen LogP contribution in [0.1, 0.15) is 40.3 Å². The van der Waals surface area contributed by atoms with Crippen LogP contribution in [0.4, 0.5) is 13.9 Å². The van der Waals surface area contributed by atoms with Gasteiger partial charge in [-0.3, -0.25) is 14.9 Å². The number of nitrogens with zero attached hydrogens (tertiary/aromatic N) is 2. The predicted octanol–water partition coefficient (Wildman–Crippen LogP) is 4.82. The third-order valence-electron chi connectivity index (χ3n) is 3.93. The van der Waals surface area contributed by atoms with Crippen molar-refractivity contribution in [1.29, 1.82) is 0 Å². The van der Waals surface area contributed by atoms with E-state index < -0.39 is 17.5 Å². The molecular weight excluding hydrogens is 408 g/mol. The minimum absolute atomic E-state index is 0.0794. The van der Waals surface area contributed by atoms with Gasteiger partial charge in [-0.05, 0) is 23.8 Å². The Bertz CT molecular complexity index is 1050. The summed E-state index contributed by atoms with van der Waals surface area (Å²) in [7, 11) is 0. The Hall–Kier alpha value is -2.58. The molecule has 1 N–H and O–H groups in total. The number of hydrogen-bond acceptors (Lipinski definition) is 4. The van der Waals surface area contributed by atoms with E-state index in [0.717, 1.165) is 23.5 Å². The summed E-state index contributed by atoms with van der Waals surface area (Å²) in [5.74, 6) is -2.85. The van der Waals surface area contributed by atoms with E-state index in [-0.39, 0.29) is 29.1 Å². The van der Waals surface area contributed by atoms with Gasteiger partial charge in [0.05, 0.1) is 0 Å². The molecule has 0 aliphatic heterocycles. The number of amides is 1. The van der Waals surface area contributed by atoms with Gasteiger partial charge in [-0.2, -0.15) is 0 Å². The summed E-state index contributed by atoms with van der Waals surface area (Å²) in [5.41, 5.74) is 0.976. The number of hydrogen-bond donors (Lipinski definition) is 1. The lowest BCUT2D eigenvalue weighted by Crippen LogP contribution is -2.17. The fourth-order valence-electron chi connectivity index (χ4n) is 2.57. The monoisotopic (exact) mass is 422 g/mol. The summed E-state index contributed by atoms with van der Waals surface area (Å²) in [5, 5.41) is 2.85. The molecule has 0 fully saturated rings. The molecule has 0 spiro atoms. The average molecular weight is 423 g/mol. The number of anilines is 1. The molecule has 0 saturated carbocycles. The predicted molar refractivity (Wildman–Crippen MR) is 103 cm³/mol. The first-order valence-electron chi connectivity index (χ1n) is 8.28. The number of carbonyl (C=O) groups excluding carboxylic acids is 2. The largest absolute Gasteiger partial charge is 0.338 e. The second kappa shape index (κ2) is 8.20. The molecule has 0 atom stereocenters. The maximum absolute atomic E-state index is 13.5. The molecule has 9 heteroatoms. The van der Waals surface area contributed by atoms with E-state index in [1.807, 2.05) is 0 Å². The van der Waals surface area contributed by atoms with Gasteiger partial charge in [0, 0.05) is 24.2 Å². The summed E-state index contributed by atoms with van der Waals surface area (Å²) < 4.78 is 28.5. The smallest absolute Gasteiger partial charge is 0.274 e. The van der Waals surface area contributed by atoms with E-state index in [1.165, 1.54) is 22.9 Å². The van der Waals surface area contributed by atoms with Crippen molar-refractivity contribution in [3.8, 4) is 0 Å². The van der Waals surface area contributed by atoms with Crippen molar-refractivity contribution in [2.45, 2.75) is 20.4 Å². The van der Waals surface area contributed by atoms with Gasteiger partial charge in [-0.25, -0.2) is 13.8 Å². The Labute approximate surface area is 169 Å². The lowest BCUT2D eigenvalue weighted by molar-refractivity contribution is 0.0939. The molecule has 1 amide bonds. The highest BCUT2D eigenvalue weighted by molar-refractivity contribution is 7.19. The van der Waals surface area contributed by atoms with Crippen molar-refractivity contribution in [1.82, 2.24) is 9.55 Å². The zero-order valence-corrected chi connectivity index (χ0v) is 16.5. The van der Waals surface area contributed by atoms with E-state index in [2.05, 4.69) is 16.5 Å². The van der Waals surface area contributed by atoms with Crippen LogP contribution in [0.2, 0.25) is 4.34 Å². The molecule has 2 heterocycles. The number of Topliss-reactive ketones (excluding diaryl/α,β-unsaturated/α-hetero) is 1. The number of halogens is 3. The molecule has 145 valence electrons. The number of nitrogens with one attached hydrogen (secondary N) is 1. The minimum atomic E-state index is -0.984. The van der Waals surface area contributed by atoms with Crippen LogP contribution in [-0.2, 0) is 6.54 Å². The number of thiazole rings is 1. The zero-order valence-electron chi connectivity index (χ0n) is 14.9. The lowest BCUT2D eigenvalue weighted by Gasteiger charge is -2.09. The van der Waals surface area contributed by atoms with Crippen LogP contribution in [0.15, 0.2) is 30.5 Å². The maximum Gasteiger partial charge on any atom is 0.274 e. The van der Waals surface area contributed by atoms with Gasteiger partial charge < -0.3 is 4.57 Å². The van der Waals surface area contributed by atoms with Crippen molar-refractivity contribution in [3.63, 3.8) is 0 Å². The normalized spacial score (nSPS) is 11.1. The van der Waals surface area contributed by atoms with Gasteiger partial charge in [0.25, 0.3) is 5.91 Å². The van der Waals surface area contributed by atoms with Gasteiger partial charge in [0.1, 0.15) is 16.2 Å². The molecule has 3 aromatic rings. The topological polar surface area (TPSA) is 64.0 Å². The molecule has 1 radical (unpaired) electrons. The zero-order chi connectivity index (χ0) is 20.4. The standard InChI is InChI=1S/C19H15ClF2N3O2S/c1-10(2)17(26)12-6-15(18(27)24-19-23-7-16(20)28-19)25(9-12)8-11-3-4-13(21)14(22)5-11/h3-6,9-10H,8H2,1-2H3,(H,23,24,27). The van der Waals surface area contributed by atoms with Crippen molar-refractivity contribution in [2.75, 3.05) is 5.32 Å². The van der Waals surface area contributed by atoms with Gasteiger partial charge >= 0.3 is 0 Å². The van der Waals surface area contributed by atoms with Crippen LogP contribution in [-0.4, -0.2) is 21.2 Å². The Balaban J connectivity index is 1.95. The second-order valence-corrected chi connectivity index (χ2v) is 7.97. The van der Waals surface area contributed by atoms with Crippen LogP contribution in [0.3, 0.4) is 0 Å². The van der Waals surface area contributed by atoms with Gasteiger partial charge in [0.2, 0.25) is 0 Å². The van der Waals surface area contributed by atoms with E-state index >= 15 is 0 Å². The minimum Gasteiger partial charge on any atom is -0.338 e. The van der Waals surface area contributed by atoms with Crippen molar-refractivity contribution >= 4 is 39.8 Å². The Kier molecular flexibility index (Phi) is 5.90. The number of rotatable bonds is 6. The molecule has 5 nitrogen and oxygen atoms in total. The summed E-state index contributed by atoms with van der Waals surface area (Å²) in [6.07, 6.45) is 4.04. The third kappa shape index (κ3) is 4.45. The molecule has 2 aromatic heterocycles. The summed E-state index contributed by atoms with van der Waals surface area (Å²) in [6, 6.07) is 4.95. The van der Waals surface area contributed by atoms with Gasteiger partial charge in [-0.15, -0.1) is 0 Å². The number of aromatic nitrogens is 2. The number of ketones is 1. The Morgan fingerprint density at radius 3 is 2.64 bits per heavy atom. The number of carbonyl (C=O) groups is 2. The van der Waals surface area contributed by atoms with Crippen LogP contribution in [0.25, 0.3) is 0 Å². The van der Waals surface area contributed by atoms with Crippen LogP contribution < -0.4 is 5.32 Å². The summed E-state index contributed by atoms with van der Waals surface area (Å²) in [6.45, 7) is 3.58. The van der Waals surface area contributed by atoms with E-state index in [1.54, 1.807) is 13.8 Å². The van der Waals surface area contributed by atoms with Crippen molar-refractivity contribution in [2.24, 2.45) is 5.92 Å². The highest BCUT2D eigenvalue weighted by Crippen LogP contribution is 2.23. The molecule has 0 bridgehead atoms. The van der Waals surface area contributed by atoms with Gasteiger partial charge in [-0.1, -0.05) is 42.9 Å². The van der Waals surface area contributed by atoms with Gasteiger partial charge in [0.15, 0.2) is 22.5 Å². The first-order chi connectivity index (χ1) is 13.2. The van der Waals surface area contributed by atoms with E-state index in [4.69, 9.17) is 11.6 Å². The van der Waals surface area contributed by atoms with Crippen molar-refractivity contribution in [3.05, 3.63) is 69.5 Å². The molecule has 0 saturated heterocycles. The lowest BCUT2D eigenvalue weighted by atomic mass is 10.0. The van der Waals surface area contributed by atoms with Crippen LogP contribution >= 0.6 is 22.9 Å². The molecule has 0 aliphatic carbocycles. The average Bonchev–Trinajstić information content (AvgIpc) is 3.23. The maximum atomic E-state index is 13.5. The molecule has 0 aliphatic rings. The van der Waals surface area contributed by atoms with Crippen LogP contribution in [0, 0.1) is 23.7 Å². The number of benzene rings is 1. The van der Waals surface area contributed by atoms with E-state index in [0.29, 0.717) is 15.5 Å². The third-order valence-corrected chi connectivity index (χ3v) is 4.90. The summed E-state index contributed by atoms with van der Waals surface area (Å²) in [4.78, 5) is 28.9. The quantitative estimate of drug-likeness (QED) is 0.579. The van der Waals surface area contributed by atoms with E-state index in [9.17, 15) is 18.4 Å². The Morgan fingerprint density at radius 2 is 2.04 bits per heavy atom. The Morgan fingerprint density at radius 1 is 1.29 bits per heavy atom. The fourth-order valence-corrected chi connectivity index (χ4v) is 3.33. The molecule has 3 rings (SSSR count). The van der Waals surface area contributed by atoms with Crippen LogP contribution in [0.5, 0.6) is 0 Å².